The highest BCUT2D eigenvalue weighted by molar-refractivity contribution is 5.74. The molecule has 1 heterocycles. The Hall–Kier alpha value is -2.27. The number of amides is 2. The third kappa shape index (κ3) is 4.86. The Balaban J connectivity index is 1.96. The fraction of sp³-hybridized carbons (Fsp3) is 0.421. The van der Waals surface area contributed by atoms with Gasteiger partial charge in [-0.05, 0) is 38.0 Å². The molecule has 0 aliphatic rings. The number of carbonyl (C=O) groups is 1. The van der Waals surface area contributed by atoms with Crippen LogP contribution in [0.4, 0.5) is 4.79 Å². The normalized spacial score (nSPS) is 14.7. The van der Waals surface area contributed by atoms with Crippen LogP contribution in [0.2, 0.25) is 0 Å². The van der Waals surface area contributed by atoms with Gasteiger partial charge in [-0.15, -0.1) is 0 Å². The molecule has 0 spiro atoms. The molecule has 1 aromatic heterocycles. The number of rotatable bonds is 7. The highest BCUT2D eigenvalue weighted by Gasteiger charge is 2.21. The number of furan rings is 1. The topological polar surface area (TPSA) is 65.7 Å². The lowest BCUT2D eigenvalue weighted by Crippen LogP contribution is -2.40. The van der Waals surface area contributed by atoms with Gasteiger partial charge in [0.1, 0.15) is 5.76 Å². The van der Waals surface area contributed by atoms with Crippen LogP contribution in [0, 0.1) is 0 Å². The minimum atomic E-state index is -0.424. The van der Waals surface area contributed by atoms with Crippen LogP contribution in [-0.2, 0) is 0 Å². The van der Waals surface area contributed by atoms with Crippen molar-refractivity contribution in [3.8, 4) is 0 Å². The SMILES string of the molecule is CC(O)CC(CNC(=O)N(C)C(C)c1ccco1)c1ccccc1. The van der Waals surface area contributed by atoms with Crippen molar-refractivity contribution in [3.63, 3.8) is 0 Å². The molecule has 130 valence electrons. The summed E-state index contributed by atoms with van der Waals surface area (Å²) in [7, 11) is 1.74. The predicted molar refractivity (Wildman–Crippen MR) is 93.8 cm³/mol. The number of hydrogen-bond acceptors (Lipinski definition) is 3. The van der Waals surface area contributed by atoms with Gasteiger partial charge in [-0.2, -0.15) is 0 Å². The van der Waals surface area contributed by atoms with E-state index in [0.717, 1.165) is 11.3 Å². The molecule has 0 aliphatic heterocycles. The average Bonchev–Trinajstić information content (AvgIpc) is 3.12. The zero-order valence-corrected chi connectivity index (χ0v) is 14.5. The maximum Gasteiger partial charge on any atom is 0.317 e. The second kappa shape index (κ2) is 8.55. The number of hydrogen-bond donors (Lipinski definition) is 2. The van der Waals surface area contributed by atoms with Crippen LogP contribution in [0.15, 0.2) is 53.1 Å². The van der Waals surface area contributed by atoms with Gasteiger partial charge in [-0.25, -0.2) is 4.79 Å². The summed E-state index contributed by atoms with van der Waals surface area (Å²) >= 11 is 0. The van der Waals surface area contributed by atoms with Gasteiger partial charge in [0.2, 0.25) is 0 Å². The molecule has 5 heteroatoms. The van der Waals surface area contributed by atoms with Crippen LogP contribution in [-0.4, -0.2) is 35.7 Å². The van der Waals surface area contributed by atoms with Crippen LogP contribution in [0.25, 0.3) is 0 Å². The number of aliphatic hydroxyl groups excluding tert-OH is 1. The maximum atomic E-state index is 12.4. The monoisotopic (exact) mass is 330 g/mol. The van der Waals surface area contributed by atoms with E-state index >= 15 is 0 Å². The third-order valence-electron chi connectivity index (χ3n) is 4.25. The van der Waals surface area contributed by atoms with Crippen molar-refractivity contribution in [3.05, 3.63) is 60.1 Å². The zero-order chi connectivity index (χ0) is 17.5. The first-order valence-corrected chi connectivity index (χ1v) is 8.26. The lowest BCUT2D eigenvalue weighted by molar-refractivity contribution is 0.168. The largest absolute Gasteiger partial charge is 0.467 e. The molecule has 1 aromatic carbocycles. The maximum absolute atomic E-state index is 12.4. The fourth-order valence-electron chi connectivity index (χ4n) is 2.71. The minimum absolute atomic E-state index is 0.0717. The third-order valence-corrected chi connectivity index (χ3v) is 4.25. The molecule has 2 N–H and O–H groups in total. The Morgan fingerprint density at radius 1 is 1.21 bits per heavy atom. The molecule has 0 fully saturated rings. The molecule has 0 aliphatic carbocycles. The summed E-state index contributed by atoms with van der Waals surface area (Å²) in [6.07, 6.45) is 1.78. The van der Waals surface area contributed by atoms with E-state index in [1.54, 1.807) is 25.1 Å². The lowest BCUT2D eigenvalue weighted by atomic mass is 9.93. The molecule has 5 nitrogen and oxygen atoms in total. The molecule has 3 unspecified atom stereocenters. The molecular formula is C19H26N2O3. The van der Waals surface area contributed by atoms with Gasteiger partial charge in [-0.1, -0.05) is 30.3 Å². The van der Waals surface area contributed by atoms with Crippen molar-refractivity contribution in [1.29, 1.82) is 0 Å². The van der Waals surface area contributed by atoms with E-state index in [-0.39, 0.29) is 18.0 Å². The predicted octanol–water partition coefficient (Wildman–Crippen LogP) is 3.54. The van der Waals surface area contributed by atoms with Crippen LogP contribution in [0.1, 0.15) is 43.6 Å². The van der Waals surface area contributed by atoms with Crippen molar-refractivity contribution in [2.75, 3.05) is 13.6 Å². The fourth-order valence-corrected chi connectivity index (χ4v) is 2.71. The summed E-state index contributed by atoms with van der Waals surface area (Å²) in [5.41, 5.74) is 1.11. The van der Waals surface area contributed by atoms with Gasteiger partial charge in [0.15, 0.2) is 0 Å². The first-order valence-electron chi connectivity index (χ1n) is 8.26. The Morgan fingerprint density at radius 2 is 1.92 bits per heavy atom. The Labute approximate surface area is 143 Å². The Morgan fingerprint density at radius 3 is 2.50 bits per heavy atom. The number of aliphatic hydroxyl groups is 1. The van der Waals surface area contributed by atoms with Crippen LogP contribution < -0.4 is 5.32 Å². The van der Waals surface area contributed by atoms with Gasteiger partial charge >= 0.3 is 6.03 Å². The molecule has 0 bridgehead atoms. The molecular weight excluding hydrogens is 304 g/mol. The summed E-state index contributed by atoms with van der Waals surface area (Å²) in [6, 6.07) is 13.3. The van der Waals surface area contributed by atoms with E-state index in [2.05, 4.69) is 5.32 Å². The van der Waals surface area contributed by atoms with Crippen molar-refractivity contribution in [2.45, 2.75) is 38.3 Å². The first-order chi connectivity index (χ1) is 11.5. The quantitative estimate of drug-likeness (QED) is 0.816. The molecule has 0 saturated carbocycles. The second-order valence-electron chi connectivity index (χ2n) is 6.18. The molecule has 2 rings (SSSR count). The highest BCUT2D eigenvalue weighted by Crippen LogP contribution is 2.22. The Bertz CT molecular complexity index is 611. The van der Waals surface area contributed by atoms with E-state index in [4.69, 9.17) is 4.42 Å². The molecule has 0 saturated heterocycles. The lowest BCUT2D eigenvalue weighted by Gasteiger charge is -2.26. The van der Waals surface area contributed by atoms with Crippen molar-refractivity contribution in [2.24, 2.45) is 0 Å². The molecule has 2 aromatic rings. The number of benzene rings is 1. The summed E-state index contributed by atoms with van der Waals surface area (Å²) < 4.78 is 5.36. The van der Waals surface area contributed by atoms with Crippen molar-refractivity contribution in [1.82, 2.24) is 10.2 Å². The number of carbonyl (C=O) groups excluding carboxylic acids is 1. The standard InChI is InChI=1S/C19H26N2O3/c1-14(22)12-17(16-8-5-4-6-9-16)13-20-19(23)21(3)15(2)18-10-7-11-24-18/h4-11,14-15,17,22H,12-13H2,1-3H3,(H,20,23). The smallest absolute Gasteiger partial charge is 0.317 e. The minimum Gasteiger partial charge on any atom is -0.467 e. The summed E-state index contributed by atoms with van der Waals surface area (Å²) in [5.74, 6) is 0.818. The Kier molecular flexibility index (Phi) is 6.44. The van der Waals surface area contributed by atoms with Crippen LogP contribution in [0.5, 0.6) is 0 Å². The van der Waals surface area contributed by atoms with Crippen LogP contribution >= 0.6 is 0 Å². The zero-order valence-electron chi connectivity index (χ0n) is 14.5. The van der Waals surface area contributed by atoms with Gasteiger partial charge in [0.25, 0.3) is 0 Å². The molecule has 24 heavy (non-hydrogen) atoms. The van der Waals surface area contributed by atoms with Crippen molar-refractivity contribution < 1.29 is 14.3 Å². The van der Waals surface area contributed by atoms with Crippen molar-refractivity contribution >= 4 is 6.03 Å². The number of nitrogens with zero attached hydrogens (tertiary/aromatic N) is 1. The summed E-state index contributed by atoms with van der Waals surface area (Å²) in [4.78, 5) is 14.0. The molecule has 2 amide bonds. The van der Waals surface area contributed by atoms with Gasteiger partial charge in [-0.3, -0.25) is 0 Å². The van der Waals surface area contributed by atoms with E-state index < -0.39 is 6.10 Å². The van der Waals surface area contributed by atoms with E-state index in [1.165, 1.54) is 0 Å². The van der Waals surface area contributed by atoms with Crippen LogP contribution in [0.3, 0.4) is 0 Å². The van der Waals surface area contributed by atoms with E-state index in [0.29, 0.717) is 13.0 Å². The highest BCUT2D eigenvalue weighted by atomic mass is 16.3. The average molecular weight is 330 g/mol. The first kappa shape index (κ1) is 18.1. The second-order valence-corrected chi connectivity index (χ2v) is 6.18. The van der Waals surface area contributed by atoms with Gasteiger partial charge < -0.3 is 19.7 Å². The van der Waals surface area contributed by atoms with E-state index in [1.807, 2.05) is 49.4 Å². The molecule has 0 radical (unpaired) electrons. The summed E-state index contributed by atoms with van der Waals surface area (Å²) in [6.45, 7) is 4.16. The number of urea groups is 1. The molecule has 3 atom stereocenters. The van der Waals surface area contributed by atoms with Gasteiger partial charge in [0, 0.05) is 19.5 Å². The van der Waals surface area contributed by atoms with Gasteiger partial charge in [0.05, 0.1) is 18.4 Å². The number of nitrogens with one attached hydrogen (secondary N) is 1. The van der Waals surface area contributed by atoms with E-state index in [9.17, 15) is 9.90 Å². The summed E-state index contributed by atoms with van der Waals surface area (Å²) in [5, 5.41) is 12.7.